The van der Waals surface area contributed by atoms with E-state index in [0.717, 1.165) is 29.6 Å². The summed E-state index contributed by atoms with van der Waals surface area (Å²) in [5, 5.41) is 16.3. The third-order valence-electron chi connectivity index (χ3n) is 3.43. The number of aromatic nitrogens is 2. The zero-order valence-corrected chi connectivity index (χ0v) is 12.3. The summed E-state index contributed by atoms with van der Waals surface area (Å²) in [4.78, 5) is 0. The van der Waals surface area contributed by atoms with Crippen LogP contribution in [0.2, 0.25) is 0 Å². The lowest BCUT2D eigenvalue weighted by Crippen LogP contribution is -2.29. The van der Waals surface area contributed by atoms with Gasteiger partial charge in [0.2, 0.25) is 0 Å². The lowest BCUT2D eigenvalue weighted by atomic mass is 9.89. The number of para-hydroxylation sites is 1. The van der Waals surface area contributed by atoms with E-state index in [0.29, 0.717) is 12.3 Å². The van der Waals surface area contributed by atoms with Gasteiger partial charge in [-0.1, -0.05) is 32.0 Å². The van der Waals surface area contributed by atoms with Gasteiger partial charge >= 0.3 is 0 Å². The van der Waals surface area contributed by atoms with E-state index >= 15 is 0 Å². The average molecular weight is 260 g/mol. The van der Waals surface area contributed by atoms with Crippen molar-refractivity contribution in [1.82, 2.24) is 9.78 Å². The van der Waals surface area contributed by atoms with Crippen LogP contribution in [-0.2, 0) is 13.0 Å². The summed E-state index contributed by atoms with van der Waals surface area (Å²) < 4.78 is 2.01. The Balaban J connectivity index is 2.35. The molecule has 0 aliphatic carbocycles. The molecule has 3 nitrogen and oxygen atoms in total. The molecule has 104 valence electrons. The Morgan fingerprint density at radius 3 is 2.63 bits per heavy atom. The summed E-state index contributed by atoms with van der Waals surface area (Å²) in [6, 6.07) is 8.25. The van der Waals surface area contributed by atoms with Gasteiger partial charge in [-0.3, -0.25) is 4.68 Å². The van der Waals surface area contributed by atoms with Crippen LogP contribution in [0, 0.1) is 5.92 Å². The Kier molecular flexibility index (Phi) is 3.95. The summed E-state index contributed by atoms with van der Waals surface area (Å²) >= 11 is 0. The highest BCUT2D eigenvalue weighted by Gasteiger charge is 2.25. The molecule has 0 fully saturated rings. The molecule has 0 saturated heterocycles. The molecule has 19 heavy (non-hydrogen) atoms. The van der Waals surface area contributed by atoms with E-state index in [1.54, 1.807) is 0 Å². The zero-order chi connectivity index (χ0) is 14.0. The van der Waals surface area contributed by atoms with Crippen LogP contribution in [0.25, 0.3) is 10.9 Å². The van der Waals surface area contributed by atoms with Gasteiger partial charge in [0.25, 0.3) is 0 Å². The van der Waals surface area contributed by atoms with Crippen LogP contribution in [0.4, 0.5) is 0 Å². The number of hydrogen-bond acceptors (Lipinski definition) is 2. The molecule has 1 aromatic heterocycles. The van der Waals surface area contributed by atoms with Gasteiger partial charge in [0.1, 0.15) is 0 Å². The molecule has 1 unspecified atom stereocenters. The fraction of sp³-hybridized carbons (Fsp3) is 0.562. The first-order valence-corrected chi connectivity index (χ1v) is 7.10. The predicted octanol–water partition coefficient (Wildman–Crippen LogP) is 3.40. The molecule has 0 aliphatic rings. The van der Waals surface area contributed by atoms with Gasteiger partial charge in [-0.25, -0.2) is 0 Å². The second-order valence-electron chi connectivity index (χ2n) is 6.05. The molecule has 0 bridgehead atoms. The summed E-state index contributed by atoms with van der Waals surface area (Å²) in [5.74, 6) is 0.481. The van der Waals surface area contributed by atoms with Crippen LogP contribution in [0.5, 0.6) is 0 Å². The number of fused-ring (bicyclic) bond motifs is 1. The Morgan fingerprint density at radius 2 is 2.00 bits per heavy atom. The number of benzene rings is 1. The largest absolute Gasteiger partial charge is 0.390 e. The number of aryl methyl sites for hydroxylation is 1. The quantitative estimate of drug-likeness (QED) is 0.894. The van der Waals surface area contributed by atoms with Crippen LogP contribution >= 0.6 is 0 Å². The van der Waals surface area contributed by atoms with Crippen molar-refractivity contribution in [2.45, 2.75) is 52.7 Å². The molecule has 0 aliphatic heterocycles. The van der Waals surface area contributed by atoms with Gasteiger partial charge in [0.15, 0.2) is 0 Å². The lowest BCUT2D eigenvalue weighted by Gasteiger charge is -2.24. The van der Waals surface area contributed by atoms with Crippen molar-refractivity contribution < 1.29 is 5.11 Å². The minimum Gasteiger partial charge on any atom is -0.390 e. The van der Waals surface area contributed by atoms with Crippen molar-refractivity contribution in [2.75, 3.05) is 0 Å². The standard InChI is InChI=1S/C16H24N2O/c1-5-18-15-9-7-6-8-13(15)14(17-18)11-16(4,19)10-12(2)3/h6-9,12,19H,5,10-11H2,1-4H3. The molecule has 1 N–H and O–H groups in total. The Bertz CT molecular complexity index is 555. The number of aliphatic hydroxyl groups is 1. The first-order valence-electron chi connectivity index (χ1n) is 7.10. The van der Waals surface area contributed by atoms with Crippen LogP contribution < -0.4 is 0 Å². The van der Waals surface area contributed by atoms with E-state index in [-0.39, 0.29) is 0 Å². The Hall–Kier alpha value is -1.35. The zero-order valence-electron chi connectivity index (χ0n) is 12.3. The molecule has 0 amide bonds. The third kappa shape index (κ3) is 3.16. The summed E-state index contributed by atoms with van der Waals surface area (Å²) in [6.45, 7) is 9.13. The average Bonchev–Trinajstić information content (AvgIpc) is 2.65. The molecule has 0 radical (unpaired) electrons. The van der Waals surface area contributed by atoms with E-state index < -0.39 is 5.60 Å². The minimum absolute atomic E-state index is 0.481. The van der Waals surface area contributed by atoms with Crippen LogP contribution in [-0.4, -0.2) is 20.5 Å². The van der Waals surface area contributed by atoms with Crippen LogP contribution in [0.1, 0.15) is 39.8 Å². The molecular formula is C16H24N2O. The van der Waals surface area contributed by atoms with Crippen molar-refractivity contribution >= 4 is 10.9 Å². The maximum Gasteiger partial charge on any atom is 0.0731 e. The van der Waals surface area contributed by atoms with E-state index in [1.165, 1.54) is 0 Å². The van der Waals surface area contributed by atoms with Gasteiger partial charge < -0.3 is 5.11 Å². The van der Waals surface area contributed by atoms with Gasteiger partial charge in [-0.05, 0) is 32.3 Å². The highest BCUT2D eigenvalue weighted by molar-refractivity contribution is 5.82. The minimum atomic E-state index is -0.691. The number of hydrogen-bond donors (Lipinski definition) is 1. The summed E-state index contributed by atoms with van der Waals surface area (Å²) in [7, 11) is 0. The highest BCUT2D eigenvalue weighted by atomic mass is 16.3. The van der Waals surface area contributed by atoms with Crippen molar-refractivity contribution in [1.29, 1.82) is 0 Å². The van der Waals surface area contributed by atoms with Crippen molar-refractivity contribution in [3.8, 4) is 0 Å². The smallest absolute Gasteiger partial charge is 0.0731 e. The molecule has 2 aromatic rings. The monoisotopic (exact) mass is 260 g/mol. The fourth-order valence-corrected chi connectivity index (χ4v) is 2.88. The van der Waals surface area contributed by atoms with Gasteiger partial charge in [-0.2, -0.15) is 5.10 Å². The Labute approximate surface area is 115 Å². The molecule has 3 heteroatoms. The molecular weight excluding hydrogens is 236 g/mol. The SMILES string of the molecule is CCn1nc(CC(C)(O)CC(C)C)c2ccccc21. The third-order valence-corrected chi connectivity index (χ3v) is 3.43. The van der Waals surface area contributed by atoms with Crippen LogP contribution in [0.15, 0.2) is 24.3 Å². The molecule has 1 heterocycles. The molecule has 0 spiro atoms. The van der Waals surface area contributed by atoms with E-state index in [2.05, 4.69) is 38.0 Å². The van der Waals surface area contributed by atoms with E-state index in [1.807, 2.05) is 23.7 Å². The topological polar surface area (TPSA) is 38.0 Å². The van der Waals surface area contributed by atoms with Crippen molar-refractivity contribution in [3.63, 3.8) is 0 Å². The van der Waals surface area contributed by atoms with Crippen molar-refractivity contribution in [3.05, 3.63) is 30.0 Å². The number of rotatable bonds is 5. The normalized spacial score (nSPS) is 15.1. The molecule has 1 aromatic carbocycles. The van der Waals surface area contributed by atoms with E-state index in [9.17, 15) is 5.11 Å². The molecule has 1 atom stereocenters. The predicted molar refractivity (Wildman–Crippen MR) is 79.2 cm³/mol. The van der Waals surface area contributed by atoms with Gasteiger partial charge in [0, 0.05) is 18.4 Å². The molecule has 2 rings (SSSR count). The first kappa shape index (κ1) is 14.1. The summed E-state index contributed by atoms with van der Waals surface area (Å²) in [5.41, 5.74) is 1.47. The van der Waals surface area contributed by atoms with Crippen molar-refractivity contribution in [2.24, 2.45) is 5.92 Å². The lowest BCUT2D eigenvalue weighted by molar-refractivity contribution is 0.0380. The second kappa shape index (κ2) is 5.33. The first-order chi connectivity index (χ1) is 8.93. The highest BCUT2D eigenvalue weighted by Crippen LogP contribution is 2.26. The maximum atomic E-state index is 10.5. The summed E-state index contributed by atoms with van der Waals surface area (Å²) in [6.07, 6.45) is 1.40. The maximum absolute atomic E-state index is 10.5. The fourth-order valence-electron chi connectivity index (χ4n) is 2.88. The van der Waals surface area contributed by atoms with Crippen LogP contribution in [0.3, 0.4) is 0 Å². The number of nitrogens with zero attached hydrogens (tertiary/aromatic N) is 2. The van der Waals surface area contributed by atoms with Gasteiger partial charge in [0.05, 0.1) is 16.8 Å². The Morgan fingerprint density at radius 1 is 1.32 bits per heavy atom. The molecule has 0 saturated carbocycles. The van der Waals surface area contributed by atoms with Gasteiger partial charge in [-0.15, -0.1) is 0 Å². The van der Waals surface area contributed by atoms with E-state index in [4.69, 9.17) is 0 Å². The second-order valence-corrected chi connectivity index (χ2v) is 6.05.